The fraction of sp³-hybridized carbons (Fsp3) is 0.316. The molecule has 1 saturated carbocycles. The summed E-state index contributed by atoms with van der Waals surface area (Å²) in [5.74, 6) is 0.977. The molecule has 152 valence electrons. The minimum Gasteiger partial charge on any atom is -0.480 e. The fourth-order valence-electron chi connectivity index (χ4n) is 2.59. The number of nitrogens with two attached hydrogens (primary N) is 1. The number of terminal acetylenes is 1. The van der Waals surface area contributed by atoms with Crippen LogP contribution in [0.4, 0.5) is 30.6 Å². The Morgan fingerprint density at radius 1 is 1.41 bits per heavy atom. The molecule has 7 nitrogen and oxygen atoms in total. The van der Waals surface area contributed by atoms with Crippen molar-refractivity contribution in [2.75, 3.05) is 10.6 Å². The van der Waals surface area contributed by atoms with Gasteiger partial charge in [0.05, 0.1) is 5.69 Å². The predicted octanol–water partition coefficient (Wildman–Crippen LogP) is 2.75. The molecule has 0 amide bonds. The molecule has 29 heavy (non-hydrogen) atoms. The average molecular weight is 405 g/mol. The Morgan fingerprint density at radius 3 is 2.72 bits per heavy atom. The molecule has 1 aliphatic rings. The Bertz CT molecular complexity index is 967. The number of benzene rings is 1. The molecule has 5 N–H and O–H groups in total. The van der Waals surface area contributed by atoms with E-state index in [0.29, 0.717) is 16.8 Å². The van der Waals surface area contributed by atoms with Crippen molar-refractivity contribution in [1.82, 2.24) is 9.97 Å². The van der Waals surface area contributed by atoms with Gasteiger partial charge in [0.15, 0.2) is 0 Å². The Balaban J connectivity index is 1.85. The summed E-state index contributed by atoms with van der Waals surface area (Å²) in [6.07, 6.45) is 3.29. The first-order chi connectivity index (χ1) is 13.7. The van der Waals surface area contributed by atoms with Crippen molar-refractivity contribution in [3.8, 4) is 12.3 Å². The number of hydrogen-bond acceptors (Lipinski definition) is 6. The highest BCUT2D eigenvalue weighted by Gasteiger charge is 2.36. The van der Waals surface area contributed by atoms with Gasteiger partial charge in [-0.1, -0.05) is 12.0 Å². The number of nitrogens with one attached hydrogen (secondary N) is 2. The van der Waals surface area contributed by atoms with Crippen molar-refractivity contribution >= 4 is 23.4 Å². The Hall–Kier alpha value is -3.32. The van der Waals surface area contributed by atoms with Gasteiger partial charge in [-0.25, -0.2) is 4.98 Å². The third kappa shape index (κ3) is 5.14. The van der Waals surface area contributed by atoms with Crippen molar-refractivity contribution < 1.29 is 23.1 Å². The third-order valence-electron chi connectivity index (χ3n) is 4.27. The Kier molecular flexibility index (Phi) is 5.61. The first-order valence-corrected chi connectivity index (χ1v) is 8.73. The standard InChI is InChI=1S/C19H18F3N5O2/c1-2-11-7-10(8-14(23)17(28)29)3-6-15(11)26-18-24-9-13(19(20,21)22)16(27-18)25-12-4-5-12/h1,3,6-7,9,12,14H,4-5,8,23H2,(H,28,29)(H2,24,25,26,27)/t14-/m0/s1. The maximum Gasteiger partial charge on any atom is 0.421 e. The molecule has 1 fully saturated rings. The smallest absolute Gasteiger partial charge is 0.421 e. The van der Waals surface area contributed by atoms with Crippen LogP contribution in [-0.4, -0.2) is 33.1 Å². The van der Waals surface area contributed by atoms with Crippen molar-refractivity contribution in [2.24, 2.45) is 5.73 Å². The van der Waals surface area contributed by atoms with Crippen molar-refractivity contribution in [1.29, 1.82) is 0 Å². The topological polar surface area (TPSA) is 113 Å². The van der Waals surface area contributed by atoms with Gasteiger partial charge in [0, 0.05) is 17.8 Å². The summed E-state index contributed by atoms with van der Waals surface area (Å²) >= 11 is 0. The van der Waals surface area contributed by atoms with E-state index in [-0.39, 0.29) is 24.2 Å². The number of carbonyl (C=O) groups is 1. The first kappa shape index (κ1) is 20.4. The summed E-state index contributed by atoms with van der Waals surface area (Å²) in [5.41, 5.74) is 5.98. The number of carboxylic acids is 1. The number of hydrogen-bond donors (Lipinski definition) is 4. The lowest BCUT2D eigenvalue weighted by molar-refractivity contribution is -0.139. The number of rotatable bonds is 7. The Labute approximate surface area is 164 Å². The maximum atomic E-state index is 13.2. The quantitative estimate of drug-likeness (QED) is 0.524. The molecule has 1 atom stereocenters. The van der Waals surface area contributed by atoms with E-state index >= 15 is 0 Å². The summed E-state index contributed by atoms with van der Waals surface area (Å²) in [6, 6.07) is 3.68. The zero-order valence-electron chi connectivity index (χ0n) is 15.1. The summed E-state index contributed by atoms with van der Waals surface area (Å²) in [5, 5.41) is 14.5. The molecule has 1 aromatic carbocycles. The highest BCUT2D eigenvalue weighted by Crippen LogP contribution is 2.36. The zero-order chi connectivity index (χ0) is 21.2. The normalized spacial score (nSPS) is 14.7. The molecule has 2 aromatic rings. The van der Waals surface area contributed by atoms with Crippen molar-refractivity contribution in [2.45, 2.75) is 37.5 Å². The number of halogens is 3. The molecule has 3 rings (SSSR count). The summed E-state index contributed by atoms with van der Waals surface area (Å²) in [7, 11) is 0. The van der Waals surface area contributed by atoms with E-state index in [1.807, 2.05) is 0 Å². The third-order valence-corrected chi connectivity index (χ3v) is 4.27. The van der Waals surface area contributed by atoms with Crippen LogP contribution in [0.25, 0.3) is 0 Å². The number of nitrogens with zero attached hydrogens (tertiary/aromatic N) is 2. The lowest BCUT2D eigenvalue weighted by Gasteiger charge is -2.15. The summed E-state index contributed by atoms with van der Waals surface area (Å²) in [6.45, 7) is 0. The number of aliphatic carboxylic acids is 1. The predicted molar refractivity (Wildman–Crippen MR) is 101 cm³/mol. The van der Waals surface area contributed by atoms with E-state index in [1.165, 1.54) is 0 Å². The van der Waals surface area contributed by atoms with Crippen LogP contribution >= 0.6 is 0 Å². The molecular formula is C19H18F3N5O2. The van der Waals surface area contributed by atoms with E-state index < -0.39 is 23.8 Å². The van der Waals surface area contributed by atoms with Crippen LogP contribution in [0.3, 0.4) is 0 Å². The van der Waals surface area contributed by atoms with Gasteiger partial charge in [-0.3, -0.25) is 4.79 Å². The summed E-state index contributed by atoms with van der Waals surface area (Å²) < 4.78 is 39.5. The van der Waals surface area contributed by atoms with Crippen LogP contribution in [0.2, 0.25) is 0 Å². The first-order valence-electron chi connectivity index (χ1n) is 8.73. The lowest BCUT2D eigenvalue weighted by atomic mass is 10.0. The van der Waals surface area contributed by atoms with Crippen LogP contribution in [0.5, 0.6) is 0 Å². The molecule has 1 heterocycles. The van der Waals surface area contributed by atoms with Gasteiger partial charge in [0.1, 0.15) is 17.4 Å². The monoisotopic (exact) mass is 405 g/mol. The van der Waals surface area contributed by atoms with Crippen LogP contribution in [-0.2, 0) is 17.4 Å². The molecule has 0 saturated heterocycles. The van der Waals surface area contributed by atoms with E-state index in [4.69, 9.17) is 17.3 Å². The van der Waals surface area contributed by atoms with Gasteiger partial charge in [-0.15, -0.1) is 6.42 Å². The molecule has 0 aliphatic heterocycles. The average Bonchev–Trinajstić information content (AvgIpc) is 3.46. The molecule has 0 unspecified atom stereocenters. The molecule has 0 bridgehead atoms. The number of anilines is 3. The molecule has 0 radical (unpaired) electrons. The fourth-order valence-corrected chi connectivity index (χ4v) is 2.59. The van der Waals surface area contributed by atoms with Crippen LogP contribution in [0, 0.1) is 12.3 Å². The zero-order valence-corrected chi connectivity index (χ0v) is 15.1. The van der Waals surface area contributed by atoms with Gasteiger partial charge >= 0.3 is 12.1 Å². The van der Waals surface area contributed by atoms with Crippen LogP contribution in [0.1, 0.15) is 29.5 Å². The molecule has 1 aromatic heterocycles. The van der Waals surface area contributed by atoms with Gasteiger partial charge in [-0.05, 0) is 37.0 Å². The molecule has 1 aliphatic carbocycles. The van der Waals surface area contributed by atoms with Crippen molar-refractivity contribution in [3.63, 3.8) is 0 Å². The van der Waals surface area contributed by atoms with E-state index in [9.17, 15) is 18.0 Å². The SMILES string of the molecule is C#Cc1cc(C[C@H](N)C(=O)O)ccc1Nc1ncc(C(F)(F)F)c(NC2CC2)n1. The van der Waals surface area contributed by atoms with E-state index in [2.05, 4.69) is 26.5 Å². The largest absolute Gasteiger partial charge is 0.480 e. The van der Waals surface area contributed by atoms with Crippen LogP contribution in [0.15, 0.2) is 24.4 Å². The van der Waals surface area contributed by atoms with Crippen molar-refractivity contribution in [3.05, 3.63) is 41.1 Å². The van der Waals surface area contributed by atoms with Gasteiger partial charge in [-0.2, -0.15) is 18.2 Å². The van der Waals surface area contributed by atoms with E-state index in [1.54, 1.807) is 18.2 Å². The molecule has 0 spiro atoms. The number of aromatic nitrogens is 2. The number of carboxylic acid groups (broad SMARTS) is 1. The minimum atomic E-state index is -4.58. The highest BCUT2D eigenvalue weighted by molar-refractivity contribution is 5.74. The number of alkyl halides is 3. The molecular weight excluding hydrogens is 387 g/mol. The highest BCUT2D eigenvalue weighted by atomic mass is 19.4. The Morgan fingerprint density at radius 2 is 2.14 bits per heavy atom. The second kappa shape index (κ2) is 7.97. The van der Waals surface area contributed by atoms with Gasteiger partial charge in [0.2, 0.25) is 5.95 Å². The lowest BCUT2D eigenvalue weighted by Crippen LogP contribution is -2.32. The van der Waals surface area contributed by atoms with E-state index in [0.717, 1.165) is 19.0 Å². The van der Waals surface area contributed by atoms with Gasteiger partial charge in [0.25, 0.3) is 0 Å². The molecule has 10 heteroatoms. The van der Waals surface area contributed by atoms with Crippen LogP contribution < -0.4 is 16.4 Å². The maximum absolute atomic E-state index is 13.2. The summed E-state index contributed by atoms with van der Waals surface area (Å²) in [4.78, 5) is 18.6. The van der Waals surface area contributed by atoms with Gasteiger partial charge < -0.3 is 21.5 Å². The minimum absolute atomic E-state index is 0.0298. The second-order valence-electron chi connectivity index (χ2n) is 6.67. The second-order valence-corrected chi connectivity index (χ2v) is 6.67.